The lowest BCUT2D eigenvalue weighted by molar-refractivity contribution is -0.131. The molecule has 0 radical (unpaired) electrons. The van der Waals surface area contributed by atoms with Crippen molar-refractivity contribution in [2.75, 3.05) is 26.9 Å². The number of ether oxygens (including phenoxy) is 3. The molecule has 0 aliphatic rings. The van der Waals surface area contributed by atoms with E-state index < -0.39 is 6.29 Å². The van der Waals surface area contributed by atoms with E-state index in [-0.39, 0.29) is 6.03 Å². The van der Waals surface area contributed by atoms with E-state index in [9.17, 15) is 4.79 Å². The van der Waals surface area contributed by atoms with Crippen LogP contribution in [-0.4, -0.2) is 39.2 Å². The van der Waals surface area contributed by atoms with Gasteiger partial charge in [-0.25, -0.2) is 4.79 Å². The largest absolute Gasteiger partial charge is 0.497 e. The van der Waals surface area contributed by atoms with Gasteiger partial charge in [0, 0.05) is 19.8 Å². The fourth-order valence-electron chi connectivity index (χ4n) is 1.70. The topological polar surface area (TPSA) is 68.8 Å². The molecule has 0 atom stereocenters. The normalized spacial score (nSPS) is 10.5. The zero-order valence-electron chi connectivity index (χ0n) is 12.8. The summed E-state index contributed by atoms with van der Waals surface area (Å²) in [6, 6.07) is 7.27. The smallest absolute Gasteiger partial charge is 0.315 e. The predicted octanol–water partition coefficient (Wildman–Crippen LogP) is 1.89. The molecule has 0 aromatic heterocycles. The van der Waals surface area contributed by atoms with Crippen LogP contribution in [0.2, 0.25) is 0 Å². The van der Waals surface area contributed by atoms with Gasteiger partial charge in [0.2, 0.25) is 0 Å². The number of methoxy groups -OCH3 is 1. The summed E-state index contributed by atoms with van der Waals surface area (Å²) in [5, 5.41) is 5.49. The first kappa shape index (κ1) is 17.3. The number of amides is 2. The van der Waals surface area contributed by atoms with Crippen molar-refractivity contribution in [1.29, 1.82) is 0 Å². The first-order chi connectivity index (χ1) is 10.2. The lowest BCUT2D eigenvalue weighted by Crippen LogP contribution is -2.41. The third-order valence-electron chi connectivity index (χ3n) is 2.75. The molecule has 1 aromatic rings. The van der Waals surface area contributed by atoms with Gasteiger partial charge in [-0.1, -0.05) is 12.1 Å². The lowest BCUT2D eigenvalue weighted by Gasteiger charge is -2.17. The van der Waals surface area contributed by atoms with Crippen molar-refractivity contribution < 1.29 is 19.0 Å². The summed E-state index contributed by atoms with van der Waals surface area (Å²) in [7, 11) is 1.62. The highest BCUT2D eigenvalue weighted by Gasteiger charge is 2.09. The summed E-state index contributed by atoms with van der Waals surface area (Å²) in [5.41, 5.74) is 0.997. The number of benzene rings is 1. The van der Waals surface area contributed by atoms with Crippen LogP contribution < -0.4 is 15.4 Å². The van der Waals surface area contributed by atoms with Gasteiger partial charge in [0.05, 0.1) is 13.7 Å². The first-order valence-corrected chi connectivity index (χ1v) is 7.07. The van der Waals surface area contributed by atoms with Crippen molar-refractivity contribution >= 4 is 6.03 Å². The fourth-order valence-corrected chi connectivity index (χ4v) is 1.70. The van der Waals surface area contributed by atoms with E-state index in [2.05, 4.69) is 10.6 Å². The summed E-state index contributed by atoms with van der Waals surface area (Å²) < 4.78 is 15.8. The van der Waals surface area contributed by atoms with Crippen LogP contribution in [0, 0.1) is 0 Å². The van der Waals surface area contributed by atoms with Gasteiger partial charge >= 0.3 is 6.03 Å². The Kier molecular flexibility index (Phi) is 8.23. The highest BCUT2D eigenvalue weighted by atomic mass is 16.7. The minimum atomic E-state index is -0.410. The summed E-state index contributed by atoms with van der Waals surface area (Å²) in [6.07, 6.45) is -0.410. The highest BCUT2D eigenvalue weighted by molar-refractivity contribution is 5.73. The number of hydrogen-bond donors (Lipinski definition) is 2. The van der Waals surface area contributed by atoms with Gasteiger partial charge in [0.1, 0.15) is 5.75 Å². The third kappa shape index (κ3) is 6.97. The maximum atomic E-state index is 11.7. The molecule has 0 spiro atoms. The molecule has 0 aliphatic heterocycles. The van der Waals surface area contributed by atoms with E-state index in [1.165, 1.54) is 0 Å². The average molecular weight is 296 g/mol. The molecule has 2 N–H and O–H groups in total. The van der Waals surface area contributed by atoms with Crippen LogP contribution in [0.15, 0.2) is 24.3 Å². The molecule has 0 fully saturated rings. The van der Waals surface area contributed by atoms with Crippen LogP contribution in [0.5, 0.6) is 5.75 Å². The van der Waals surface area contributed by atoms with E-state index in [1.54, 1.807) is 7.11 Å². The number of urea groups is 1. The monoisotopic (exact) mass is 296 g/mol. The third-order valence-corrected chi connectivity index (χ3v) is 2.75. The first-order valence-electron chi connectivity index (χ1n) is 7.07. The molecule has 1 rings (SSSR count). The van der Waals surface area contributed by atoms with Gasteiger partial charge in [0.25, 0.3) is 0 Å². The fraction of sp³-hybridized carbons (Fsp3) is 0.533. The molecular formula is C15H24N2O4. The number of carbonyl (C=O) groups is 1. The van der Waals surface area contributed by atoms with Crippen molar-refractivity contribution in [1.82, 2.24) is 10.6 Å². The van der Waals surface area contributed by atoms with Gasteiger partial charge in [-0.15, -0.1) is 0 Å². The summed E-state index contributed by atoms with van der Waals surface area (Å²) in [5.74, 6) is 0.791. The van der Waals surface area contributed by atoms with Crippen molar-refractivity contribution in [2.45, 2.75) is 26.7 Å². The van der Waals surface area contributed by atoms with E-state index in [0.717, 1.165) is 11.3 Å². The molecule has 118 valence electrons. The number of carbonyl (C=O) groups excluding carboxylic acids is 1. The predicted molar refractivity (Wildman–Crippen MR) is 80.3 cm³/mol. The Morgan fingerprint density at radius 1 is 1.10 bits per heavy atom. The van der Waals surface area contributed by atoms with Crippen molar-refractivity contribution in [3.05, 3.63) is 29.8 Å². The minimum absolute atomic E-state index is 0.254. The lowest BCUT2D eigenvalue weighted by atomic mass is 10.2. The van der Waals surface area contributed by atoms with Crippen molar-refractivity contribution in [3.8, 4) is 5.75 Å². The van der Waals surface area contributed by atoms with Crippen molar-refractivity contribution in [2.24, 2.45) is 0 Å². The van der Waals surface area contributed by atoms with Gasteiger partial charge in [-0.05, 0) is 31.5 Å². The molecule has 0 saturated heterocycles. The quantitative estimate of drug-likeness (QED) is 0.683. The Hall–Kier alpha value is -1.79. The molecule has 6 heteroatoms. The van der Waals surface area contributed by atoms with E-state index in [1.807, 2.05) is 38.1 Å². The Morgan fingerprint density at radius 2 is 1.71 bits per heavy atom. The number of nitrogens with one attached hydrogen (secondary N) is 2. The van der Waals surface area contributed by atoms with Crippen LogP contribution in [-0.2, 0) is 16.0 Å². The van der Waals surface area contributed by atoms with Gasteiger partial charge in [-0.3, -0.25) is 0 Å². The van der Waals surface area contributed by atoms with Crippen molar-refractivity contribution in [3.63, 3.8) is 0 Å². The Morgan fingerprint density at radius 3 is 2.24 bits per heavy atom. The molecular weight excluding hydrogens is 272 g/mol. The molecule has 0 bridgehead atoms. The zero-order valence-corrected chi connectivity index (χ0v) is 12.8. The van der Waals surface area contributed by atoms with Crippen LogP contribution in [0.4, 0.5) is 4.79 Å². The molecule has 0 saturated carbocycles. The van der Waals surface area contributed by atoms with Gasteiger partial charge < -0.3 is 24.8 Å². The molecule has 21 heavy (non-hydrogen) atoms. The number of hydrogen-bond acceptors (Lipinski definition) is 4. The SMILES string of the molecule is CCOC(CNC(=O)NCc1ccc(OC)cc1)OCC. The molecule has 6 nitrogen and oxygen atoms in total. The van der Waals surface area contributed by atoms with Gasteiger partial charge in [0.15, 0.2) is 6.29 Å². The Balaban J connectivity index is 2.29. The minimum Gasteiger partial charge on any atom is -0.497 e. The Labute approximate surface area is 125 Å². The van der Waals surface area contributed by atoms with E-state index >= 15 is 0 Å². The summed E-state index contributed by atoms with van der Waals surface area (Å²) in [4.78, 5) is 11.7. The maximum absolute atomic E-state index is 11.7. The number of rotatable bonds is 9. The van der Waals surface area contributed by atoms with Crippen LogP contribution >= 0.6 is 0 Å². The molecule has 0 aliphatic carbocycles. The van der Waals surface area contributed by atoms with Crippen LogP contribution in [0.25, 0.3) is 0 Å². The zero-order chi connectivity index (χ0) is 15.5. The van der Waals surface area contributed by atoms with E-state index in [4.69, 9.17) is 14.2 Å². The highest BCUT2D eigenvalue weighted by Crippen LogP contribution is 2.10. The standard InChI is InChI=1S/C15H24N2O4/c1-4-20-14(21-5-2)11-17-15(18)16-10-12-6-8-13(19-3)9-7-12/h6-9,14H,4-5,10-11H2,1-3H3,(H2,16,17,18). The second kappa shape index (κ2) is 10.0. The van der Waals surface area contributed by atoms with E-state index in [0.29, 0.717) is 26.3 Å². The molecule has 0 unspecified atom stereocenters. The second-order valence-electron chi connectivity index (χ2n) is 4.25. The Bertz CT molecular complexity index is 403. The second-order valence-corrected chi connectivity index (χ2v) is 4.25. The van der Waals surface area contributed by atoms with Crippen LogP contribution in [0.1, 0.15) is 19.4 Å². The molecule has 0 heterocycles. The summed E-state index contributed by atoms with van der Waals surface area (Å²) >= 11 is 0. The van der Waals surface area contributed by atoms with Crippen LogP contribution in [0.3, 0.4) is 0 Å². The molecule has 2 amide bonds. The van der Waals surface area contributed by atoms with Gasteiger partial charge in [-0.2, -0.15) is 0 Å². The maximum Gasteiger partial charge on any atom is 0.315 e. The average Bonchev–Trinajstić information content (AvgIpc) is 2.51. The molecule has 1 aromatic carbocycles. The summed E-state index contributed by atoms with van der Waals surface area (Å²) in [6.45, 7) is 5.62.